The lowest BCUT2D eigenvalue weighted by atomic mass is 10.1. The molecule has 3 nitrogen and oxygen atoms in total. The first-order valence-electron chi connectivity index (χ1n) is 6.06. The number of halogens is 1. The van der Waals surface area contributed by atoms with E-state index in [1.54, 1.807) is 6.07 Å². The van der Waals surface area contributed by atoms with E-state index in [9.17, 15) is 4.39 Å². The fourth-order valence-corrected chi connectivity index (χ4v) is 2.24. The minimum absolute atomic E-state index is 0.224. The molecule has 0 amide bonds. The van der Waals surface area contributed by atoms with Crippen molar-refractivity contribution < 1.29 is 4.39 Å². The molecule has 0 aliphatic carbocycles. The van der Waals surface area contributed by atoms with Crippen LogP contribution < -0.4 is 5.32 Å². The molecular weight excluding hydrogens is 229 g/mol. The zero-order chi connectivity index (χ0) is 12.5. The van der Waals surface area contributed by atoms with Gasteiger partial charge in [-0.2, -0.15) is 0 Å². The second-order valence-electron chi connectivity index (χ2n) is 4.55. The van der Waals surface area contributed by atoms with Crippen LogP contribution in [0.15, 0.2) is 24.4 Å². The Balaban J connectivity index is 2.06. The lowest BCUT2D eigenvalue weighted by Crippen LogP contribution is -2.25. The largest absolute Gasteiger partial charge is 0.312 e. The van der Waals surface area contributed by atoms with Gasteiger partial charge in [-0.25, -0.2) is 14.4 Å². The highest BCUT2D eigenvalue weighted by Gasteiger charge is 2.13. The van der Waals surface area contributed by atoms with Gasteiger partial charge in [-0.05, 0) is 30.7 Å². The zero-order valence-corrected chi connectivity index (χ0v) is 10.2. The molecule has 0 atom stereocenters. The van der Waals surface area contributed by atoms with Gasteiger partial charge < -0.3 is 5.32 Å². The van der Waals surface area contributed by atoms with E-state index in [4.69, 9.17) is 0 Å². The van der Waals surface area contributed by atoms with Crippen molar-refractivity contribution in [3.63, 3.8) is 0 Å². The van der Waals surface area contributed by atoms with E-state index in [-0.39, 0.29) is 5.82 Å². The molecule has 3 rings (SSSR count). The topological polar surface area (TPSA) is 37.8 Å². The molecule has 0 radical (unpaired) electrons. The molecule has 0 saturated heterocycles. The third-order valence-electron chi connectivity index (χ3n) is 3.24. The van der Waals surface area contributed by atoms with Gasteiger partial charge in [0.1, 0.15) is 5.82 Å². The highest BCUT2D eigenvalue weighted by Crippen LogP contribution is 2.22. The third kappa shape index (κ3) is 1.99. The number of rotatable bonds is 1. The van der Waals surface area contributed by atoms with E-state index in [0.717, 1.165) is 41.9 Å². The Morgan fingerprint density at radius 3 is 3.06 bits per heavy atom. The third-order valence-corrected chi connectivity index (χ3v) is 3.24. The van der Waals surface area contributed by atoms with E-state index in [0.29, 0.717) is 5.82 Å². The monoisotopic (exact) mass is 243 g/mol. The summed E-state index contributed by atoms with van der Waals surface area (Å²) in [7, 11) is 0. The van der Waals surface area contributed by atoms with E-state index in [1.165, 1.54) is 12.1 Å². The second kappa shape index (κ2) is 4.46. The lowest BCUT2D eigenvalue weighted by molar-refractivity contribution is 0.625. The van der Waals surface area contributed by atoms with Gasteiger partial charge in [0.25, 0.3) is 0 Å². The summed E-state index contributed by atoms with van der Waals surface area (Å²) in [6.45, 7) is 3.66. The Hall–Kier alpha value is -1.81. The minimum atomic E-state index is -0.224. The number of aryl methyl sites for hydroxylation is 1. The van der Waals surface area contributed by atoms with Crippen LogP contribution in [0.4, 0.5) is 4.39 Å². The van der Waals surface area contributed by atoms with Crippen LogP contribution in [0.5, 0.6) is 0 Å². The Bertz CT molecular complexity index is 596. The van der Waals surface area contributed by atoms with Gasteiger partial charge in [-0.3, -0.25) is 0 Å². The van der Waals surface area contributed by atoms with Crippen molar-refractivity contribution in [3.8, 4) is 11.4 Å². The number of fused-ring (bicyclic) bond motifs is 1. The van der Waals surface area contributed by atoms with Crippen LogP contribution in [0.25, 0.3) is 11.4 Å². The predicted octanol–water partition coefficient (Wildman–Crippen LogP) is 2.24. The molecule has 1 N–H and O–H groups in total. The summed E-state index contributed by atoms with van der Waals surface area (Å²) in [5.41, 5.74) is 4.02. The van der Waals surface area contributed by atoms with E-state index < -0.39 is 0 Å². The Labute approximate surface area is 105 Å². The fourth-order valence-electron chi connectivity index (χ4n) is 2.24. The van der Waals surface area contributed by atoms with Crippen LogP contribution in [0, 0.1) is 12.7 Å². The first-order chi connectivity index (χ1) is 8.74. The highest BCUT2D eigenvalue weighted by molar-refractivity contribution is 5.60. The molecule has 1 aliphatic rings. The molecule has 1 aliphatic heterocycles. The zero-order valence-electron chi connectivity index (χ0n) is 10.2. The molecular formula is C14H14FN3. The number of nitrogens with one attached hydrogen (secondary N) is 1. The smallest absolute Gasteiger partial charge is 0.159 e. The summed E-state index contributed by atoms with van der Waals surface area (Å²) in [4.78, 5) is 8.98. The van der Waals surface area contributed by atoms with E-state index in [2.05, 4.69) is 15.3 Å². The SMILES string of the molecule is Cc1cc(F)ccc1-c1ncc2c(n1)CCNC2. The van der Waals surface area contributed by atoms with E-state index >= 15 is 0 Å². The molecule has 0 spiro atoms. The van der Waals surface area contributed by atoms with Crippen molar-refractivity contribution in [2.75, 3.05) is 6.54 Å². The fraction of sp³-hybridized carbons (Fsp3) is 0.286. The van der Waals surface area contributed by atoms with Crippen molar-refractivity contribution in [3.05, 3.63) is 47.0 Å². The molecule has 2 heterocycles. The quantitative estimate of drug-likeness (QED) is 0.834. The van der Waals surface area contributed by atoms with Gasteiger partial charge in [0.2, 0.25) is 0 Å². The van der Waals surface area contributed by atoms with Crippen molar-refractivity contribution in [2.45, 2.75) is 19.9 Å². The molecule has 1 aromatic carbocycles. The molecule has 1 aromatic heterocycles. The molecule has 0 saturated carbocycles. The first-order valence-corrected chi connectivity index (χ1v) is 6.06. The van der Waals surface area contributed by atoms with Crippen LogP contribution in [0.2, 0.25) is 0 Å². The molecule has 0 fully saturated rings. The van der Waals surface area contributed by atoms with Gasteiger partial charge in [0, 0.05) is 36.8 Å². The number of aromatic nitrogens is 2. The van der Waals surface area contributed by atoms with Crippen LogP contribution in [0.3, 0.4) is 0 Å². The Kier molecular flexibility index (Phi) is 2.80. The second-order valence-corrected chi connectivity index (χ2v) is 4.55. The van der Waals surface area contributed by atoms with Crippen molar-refractivity contribution >= 4 is 0 Å². The van der Waals surface area contributed by atoms with Crippen LogP contribution >= 0.6 is 0 Å². The highest BCUT2D eigenvalue weighted by atomic mass is 19.1. The molecule has 4 heteroatoms. The van der Waals surface area contributed by atoms with Crippen molar-refractivity contribution in [1.82, 2.24) is 15.3 Å². The average Bonchev–Trinajstić information content (AvgIpc) is 2.38. The minimum Gasteiger partial charge on any atom is -0.312 e. The summed E-state index contributed by atoms with van der Waals surface area (Å²) in [6.07, 6.45) is 2.79. The van der Waals surface area contributed by atoms with Crippen molar-refractivity contribution in [1.29, 1.82) is 0 Å². The summed E-state index contributed by atoms with van der Waals surface area (Å²) in [5.74, 6) is 0.464. The summed E-state index contributed by atoms with van der Waals surface area (Å²) in [6, 6.07) is 4.71. The van der Waals surface area contributed by atoms with Gasteiger partial charge >= 0.3 is 0 Å². The molecule has 0 unspecified atom stereocenters. The Morgan fingerprint density at radius 2 is 2.22 bits per heavy atom. The average molecular weight is 243 g/mol. The van der Waals surface area contributed by atoms with Gasteiger partial charge in [-0.15, -0.1) is 0 Å². The number of hydrogen-bond acceptors (Lipinski definition) is 3. The maximum Gasteiger partial charge on any atom is 0.159 e. The van der Waals surface area contributed by atoms with Crippen molar-refractivity contribution in [2.24, 2.45) is 0 Å². The molecule has 92 valence electrons. The van der Waals surface area contributed by atoms with Gasteiger partial charge in [0.15, 0.2) is 5.82 Å². The summed E-state index contributed by atoms with van der Waals surface area (Å²) in [5, 5.41) is 3.29. The standard InChI is InChI=1S/C14H14FN3/c1-9-6-11(15)2-3-12(9)14-17-8-10-7-16-5-4-13(10)18-14/h2-3,6,8,16H,4-5,7H2,1H3. The van der Waals surface area contributed by atoms with Crippen LogP contribution in [-0.2, 0) is 13.0 Å². The Morgan fingerprint density at radius 1 is 1.33 bits per heavy atom. The first kappa shape index (κ1) is 11.3. The lowest BCUT2D eigenvalue weighted by Gasteiger charge is -2.16. The van der Waals surface area contributed by atoms with Crippen LogP contribution in [0.1, 0.15) is 16.8 Å². The number of nitrogens with zero attached hydrogens (tertiary/aromatic N) is 2. The molecule has 0 bridgehead atoms. The molecule has 18 heavy (non-hydrogen) atoms. The number of benzene rings is 1. The van der Waals surface area contributed by atoms with E-state index in [1.807, 2.05) is 13.1 Å². The maximum atomic E-state index is 13.1. The predicted molar refractivity (Wildman–Crippen MR) is 67.6 cm³/mol. The van der Waals surface area contributed by atoms with Crippen LogP contribution in [-0.4, -0.2) is 16.5 Å². The van der Waals surface area contributed by atoms with Gasteiger partial charge in [0.05, 0.1) is 5.69 Å². The number of hydrogen-bond donors (Lipinski definition) is 1. The van der Waals surface area contributed by atoms with Gasteiger partial charge in [-0.1, -0.05) is 0 Å². The normalized spacial score (nSPS) is 14.3. The summed E-state index contributed by atoms with van der Waals surface area (Å²) < 4.78 is 13.1. The molecule has 2 aromatic rings. The maximum absolute atomic E-state index is 13.1. The summed E-state index contributed by atoms with van der Waals surface area (Å²) >= 11 is 0.